The summed E-state index contributed by atoms with van der Waals surface area (Å²) in [6, 6.07) is 3.78. The lowest BCUT2D eigenvalue weighted by Crippen LogP contribution is -2.27. The van der Waals surface area contributed by atoms with Gasteiger partial charge < -0.3 is 15.0 Å². The molecular weight excluding hydrogens is 354 g/mol. The van der Waals surface area contributed by atoms with Crippen LogP contribution < -0.4 is 10.2 Å². The number of rotatable bonds is 6. The van der Waals surface area contributed by atoms with Gasteiger partial charge in [0.25, 0.3) is 0 Å². The predicted octanol–water partition coefficient (Wildman–Crippen LogP) is 2.79. The van der Waals surface area contributed by atoms with E-state index in [4.69, 9.17) is 16.3 Å². The summed E-state index contributed by atoms with van der Waals surface area (Å²) in [4.78, 5) is 26.4. The molecule has 7 nitrogen and oxygen atoms in total. The monoisotopic (exact) mass is 373 g/mol. The van der Waals surface area contributed by atoms with Gasteiger partial charge in [-0.05, 0) is 37.1 Å². The molecule has 3 heterocycles. The molecule has 0 spiro atoms. The van der Waals surface area contributed by atoms with Crippen LogP contribution in [0.4, 0.5) is 11.8 Å². The van der Waals surface area contributed by atoms with Crippen molar-refractivity contribution in [2.24, 2.45) is 0 Å². The number of hydrogen-bond acceptors (Lipinski definition) is 7. The summed E-state index contributed by atoms with van der Waals surface area (Å²) < 4.78 is 4.85. The molecule has 3 rings (SSSR count). The molecule has 2 aromatic heterocycles. The summed E-state index contributed by atoms with van der Waals surface area (Å²) in [7, 11) is 0. The first-order chi connectivity index (χ1) is 12.7. The molecule has 0 amide bonds. The molecular formula is C18H20ClN5O2. The first-order valence-electron chi connectivity index (χ1n) is 8.44. The van der Waals surface area contributed by atoms with Gasteiger partial charge in [-0.15, -0.1) is 0 Å². The highest BCUT2D eigenvalue weighted by molar-refractivity contribution is 6.33. The lowest BCUT2D eigenvalue weighted by molar-refractivity contribution is -0.137. The molecule has 0 aliphatic carbocycles. The molecule has 1 aliphatic heterocycles. The van der Waals surface area contributed by atoms with Gasteiger partial charge in [0, 0.05) is 43.8 Å². The Labute approximate surface area is 157 Å². The zero-order valence-electron chi connectivity index (χ0n) is 14.4. The van der Waals surface area contributed by atoms with Crippen LogP contribution in [0.25, 0.3) is 6.08 Å². The minimum Gasteiger partial charge on any atom is -0.463 e. The van der Waals surface area contributed by atoms with Crippen LogP contribution in [0.2, 0.25) is 5.02 Å². The predicted molar refractivity (Wildman–Crippen MR) is 101 cm³/mol. The molecule has 0 bridgehead atoms. The number of anilines is 2. The van der Waals surface area contributed by atoms with Gasteiger partial charge in [-0.1, -0.05) is 11.6 Å². The van der Waals surface area contributed by atoms with Crippen molar-refractivity contribution in [3.63, 3.8) is 0 Å². The second kappa shape index (κ2) is 8.62. The van der Waals surface area contributed by atoms with Crippen LogP contribution in [-0.2, 0) is 9.53 Å². The highest BCUT2D eigenvalue weighted by atomic mass is 35.5. The number of hydrogen-bond donors (Lipinski definition) is 1. The molecule has 8 heteroatoms. The molecule has 1 N–H and O–H groups in total. The van der Waals surface area contributed by atoms with Gasteiger partial charge in [0.05, 0.1) is 11.6 Å². The average Bonchev–Trinajstić information content (AvgIpc) is 3.12. The third kappa shape index (κ3) is 4.70. The molecule has 1 aliphatic rings. The van der Waals surface area contributed by atoms with Gasteiger partial charge >= 0.3 is 5.97 Å². The fraction of sp³-hybridized carbons (Fsp3) is 0.333. The number of nitrogens with zero attached hydrogens (tertiary/aromatic N) is 4. The minimum atomic E-state index is -0.389. The molecule has 0 radical (unpaired) electrons. The summed E-state index contributed by atoms with van der Waals surface area (Å²) in [6.45, 7) is 3.77. The normalized spacial score (nSPS) is 16.8. The first-order valence-corrected chi connectivity index (χ1v) is 8.82. The van der Waals surface area contributed by atoms with Crippen molar-refractivity contribution in [1.82, 2.24) is 15.0 Å². The van der Waals surface area contributed by atoms with Crippen molar-refractivity contribution in [3.05, 3.63) is 47.4 Å². The number of halogens is 1. The second-order valence-electron chi connectivity index (χ2n) is 5.81. The number of carbonyl (C=O) groups excluding carboxylic acids is 1. The summed E-state index contributed by atoms with van der Waals surface area (Å²) in [6.07, 6.45) is 9.08. The number of esters is 1. The molecule has 1 saturated heterocycles. The molecule has 0 saturated carbocycles. The van der Waals surface area contributed by atoms with Crippen LogP contribution in [-0.4, -0.2) is 46.7 Å². The Balaban J connectivity index is 1.60. The van der Waals surface area contributed by atoms with E-state index in [0.717, 1.165) is 31.0 Å². The SMILES string of the molecule is CCOC(=O)/C=C/c1cnc(N[C@@H]2CCN(c3ncccn3)C2)c(Cl)c1. The summed E-state index contributed by atoms with van der Waals surface area (Å²) in [5.74, 6) is 0.969. The number of aromatic nitrogens is 3. The van der Waals surface area contributed by atoms with Crippen molar-refractivity contribution >= 4 is 35.4 Å². The molecule has 0 unspecified atom stereocenters. The topological polar surface area (TPSA) is 80.2 Å². The number of ether oxygens (including phenoxy) is 1. The Morgan fingerprint density at radius 2 is 2.23 bits per heavy atom. The van der Waals surface area contributed by atoms with Gasteiger partial charge in [-0.2, -0.15) is 0 Å². The maximum atomic E-state index is 11.4. The summed E-state index contributed by atoms with van der Waals surface area (Å²) >= 11 is 6.32. The fourth-order valence-corrected chi connectivity index (χ4v) is 2.94. The van der Waals surface area contributed by atoms with E-state index < -0.39 is 0 Å². The second-order valence-corrected chi connectivity index (χ2v) is 6.22. The van der Waals surface area contributed by atoms with Crippen LogP contribution >= 0.6 is 11.6 Å². The van der Waals surface area contributed by atoms with Crippen molar-refractivity contribution in [2.45, 2.75) is 19.4 Å². The molecule has 1 fully saturated rings. The lowest BCUT2D eigenvalue weighted by Gasteiger charge is -2.17. The standard InChI is InChI=1S/C18H20ClN5O2/c1-2-26-16(25)5-4-13-10-15(19)17(22-11-13)23-14-6-9-24(12-14)18-20-7-3-8-21-18/h3-5,7-8,10-11,14H,2,6,9,12H2,1H3,(H,22,23)/b5-4+/t14-/m1/s1. The summed E-state index contributed by atoms with van der Waals surface area (Å²) in [5, 5.41) is 3.87. The molecule has 1 atom stereocenters. The smallest absolute Gasteiger partial charge is 0.330 e. The van der Waals surface area contributed by atoms with E-state index in [1.165, 1.54) is 6.08 Å². The van der Waals surface area contributed by atoms with E-state index in [0.29, 0.717) is 17.4 Å². The first kappa shape index (κ1) is 18.1. The van der Waals surface area contributed by atoms with Crippen LogP contribution in [0.1, 0.15) is 18.9 Å². The van der Waals surface area contributed by atoms with Crippen LogP contribution in [0.3, 0.4) is 0 Å². The van der Waals surface area contributed by atoms with Crippen molar-refractivity contribution in [1.29, 1.82) is 0 Å². The molecule has 0 aromatic carbocycles. The van der Waals surface area contributed by atoms with E-state index in [-0.39, 0.29) is 12.0 Å². The number of pyridine rings is 1. The number of carbonyl (C=O) groups is 1. The summed E-state index contributed by atoms with van der Waals surface area (Å²) in [5.41, 5.74) is 0.735. The highest BCUT2D eigenvalue weighted by Gasteiger charge is 2.24. The Kier molecular flexibility index (Phi) is 6.01. The molecule has 26 heavy (non-hydrogen) atoms. The van der Waals surface area contributed by atoms with E-state index in [9.17, 15) is 4.79 Å². The molecule has 136 valence electrons. The minimum absolute atomic E-state index is 0.213. The van der Waals surface area contributed by atoms with Crippen LogP contribution in [0, 0.1) is 0 Å². The van der Waals surface area contributed by atoms with Gasteiger partial charge in [0.1, 0.15) is 5.82 Å². The number of nitrogens with one attached hydrogen (secondary N) is 1. The zero-order valence-corrected chi connectivity index (χ0v) is 15.2. The van der Waals surface area contributed by atoms with Crippen LogP contribution in [0.5, 0.6) is 0 Å². The fourth-order valence-electron chi connectivity index (χ4n) is 2.71. The van der Waals surface area contributed by atoms with Gasteiger partial charge in [-0.25, -0.2) is 19.7 Å². The van der Waals surface area contributed by atoms with Gasteiger partial charge in [0.2, 0.25) is 5.95 Å². The maximum absolute atomic E-state index is 11.4. The Morgan fingerprint density at radius 1 is 1.42 bits per heavy atom. The average molecular weight is 374 g/mol. The largest absolute Gasteiger partial charge is 0.463 e. The van der Waals surface area contributed by atoms with Crippen molar-refractivity contribution in [3.8, 4) is 0 Å². The quantitative estimate of drug-likeness (QED) is 0.616. The lowest BCUT2D eigenvalue weighted by atomic mass is 10.2. The third-order valence-corrected chi connectivity index (χ3v) is 4.21. The third-order valence-electron chi connectivity index (χ3n) is 3.92. The van der Waals surface area contributed by atoms with Crippen molar-refractivity contribution in [2.75, 3.05) is 29.9 Å². The van der Waals surface area contributed by atoms with Crippen LogP contribution in [0.15, 0.2) is 36.8 Å². The zero-order chi connectivity index (χ0) is 18.4. The Hall–Kier alpha value is -2.67. The van der Waals surface area contributed by atoms with Gasteiger partial charge in [-0.3, -0.25) is 0 Å². The molecule has 2 aromatic rings. The van der Waals surface area contributed by atoms with Crippen molar-refractivity contribution < 1.29 is 9.53 Å². The van der Waals surface area contributed by atoms with E-state index in [1.807, 2.05) is 0 Å². The Bertz CT molecular complexity index is 784. The van der Waals surface area contributed by atoms with E-state index in [1.54, 1.807) is 43.7 Å². The highest BCUT2D eigenvalue weighted by Crippen LogP contribution is 2.24. The van der Waals surface area contributed by atoms with E-state index in [2.05, 4.69) is 25.2 Å². The van der Waals surface area contributed by atoms with Gasteiger partial charge in [0.15, 0.2) is 0 Å². The Morgan fingerprint density at radius 3 is 2.96 bits per heavy atom. The van der Waals surface area contributed by atoms with E-state index >= 15 is 0 Å². The maximum Gasteiger partial charge on any atom is 0.330 e.